The van der Waals surface area contributed by atoms with Crippen molar-refractivity contribution in [1.82, 2.24) is 10.1 Å². The van der Waals surface area contributed by atoms with Crippen LogP contribution in [0, 0.1) is 0 Å². The molecule has 0 radical (unpaired) electrons. The molecule has 1 unspecified atom stereocenters. The first-order chi connectivity index (χ1) is 10.1. The van der Waals surface area contributed by atoms with E-state index in [0.717, 1.165) is 12.0 Å². The number of aromatic nitrogens is 2. The Bertz CT molecular complexity index is 584. The molecule has 6 nitrogen and oxygen atoms in total. The van der Waals surface area contributed by atoms with Crippen LogP contribution in [0.5, 0.6) is 11.5 Å². The molecule has 0 aliphatic heterocycles. The number of nitrogens with two attached hydrogens (primary N) is 1. The molecule has 0 aliphatic rings. The second-order valence-electron chi connectivity index (χ2n) is 5.14. The summed E-state index contributed by atoms with van der Waals surface area (Å²) in [6, 6.07) is 5.46. The molecule has 0 spiro atoms. The van der Waals surface area contributed by atoms with Crippen molar-refractivity contribution in [3.05, 3.63) is 24.1 Å². The van der Waals surface area contributed by atoms with Crippen LogP contribution in [0.25, 0.3) is 11.4 Å². The van der Waals surface area contributed by atoms with Gasteiger partial charge in [-0.2, -0.15) is 4.98 Å². The van der Waals surface area contributed by atoms with Gasteiger partial charge in [0.25, 0.3) is 0 Å². The van der Waals surface area contributed by atoms with Crippen LogP contribution in [0.15, 0.2) is 22.7 Å². The SMILES string of the molecule is CCC(C)(CN)c1nc(-c2cc(OC)cc(OC)c2)no1. The summed E-state index contributed by atoms with van der Waals surface area (Å²) in [4.78, 5) is 4.48. The highest BCUT2D eigenvalue weighted by Gasteiger charge is 2.30. The Kier molecular flexibility index (Phi) is 4.47. The summed E-state index contributed by atoms with van der Waals surface area (Å²) in [6.07, 6.45) is 0.826. The lowest BCUT2D eigenvalue weighted by atomic mass is 9.88. The molecule has 114 valence electrons. The quantitative estimate of drug-likeness (QED) is 0.879. The van der Waals surface area contributed by atoms with Gasteiger partial charge in [0, 0.05) is 18.2 Å². The van der Waals surface area contributed by atoms with Crippen molar-refractivity contribution in [2.24, 2.45) is 5.73 Å². The maximum Gasteiger partial charge on any atom is 0.234 e. The Labute approximate surface area is 124 Å². The molecule has 1 atom stereocenters. The summed E-state index contributed by atoms with van der Waals surface area (Å²) < 4.78 is 15.9. The van der Waals surface area contributed by atoms with Crippen molar-refractivity contribution in [2.75, 3.05) is 20.8 Å². The van der Waals surface area contributed by atoms with Gasteiger partial charge in [0.15, 0.2) is 0 Å². The van der Waals surface area contributed by atoms with Gasteiger partial charge >= 0.3 is 0 Å². The van der Waals surface area contributed by atoms with E-state index in [1.807, 2.05) is 26.0 Å². The molecule has 0 amide bonds. The van der Waals surface area contributed by atoms with Crippen LogP contribution in [-0.2, 0) is 5.41 Å². The van der Waals surface area contributed by atoms with E-state index in [1.54, 1.807) is 20.3 Å². The Hall–Kier alpha value is -2.08. The molecule has 2 aromatic rings. The first kappa shape index (κ1) is 15.3. The molecule has 6 heteroatoms. The van der Waals surface area contributed by atoms with Crippen LogP contribution in [0.1, 0.15) is 26.2 Å². The fraction of sp³-hybridized carbons (Fsp3) is 0.467. The lowest BCUT2D eigenvalue weighted by Crippen LogP contribution is -2.31. The van der Waals surface area contributed by atoms with Crippen molar-refractivity contribution >= 4 is 0 Å². The summed E-state index contributed by atoms with van der Waals surface area (Å²) >= 11 is 0. The van der Waals surface area contributed by atoms with Gasteiger partial charge < -0.3 is 19.7 Å². The van der Waals surface area contributed by atoms with Crippen LogP contribution < -0.4 is 15.2 Å². The molecule has 0 saturated heterocycles. The topological polar surface area (TPSA) is 83.4 Å². The average Bonchev–Trinajstić information content (AvgIpc) is 3.04. The fourth-order valence-corrected chi connectivity index (χ4v) is 1.91. The summed E-state index contributed by atoms with van der Waals surface area (Å²) in [5, 5.41) is 4.05. The summed E-state index contributed by atoms with van der Waals surface area (Å²) in [5.74, 6) is 2.39. The summed E-state index contributed by atoms with van der Waals surface area (Å²) in [5.41, 5.74) is 6.28. The van der Waals surface area contributed by atoms with Crippen molar-refractivity contribution < 1.29 is 14.0 Å². The fourth-order valence-electron chi connectivity index (χ4n) is 1.91. The molecule has 1 heterocycles. The third kappa shape index (κ3) is 3.00. The maximum atomic E-state index is 5.82. The van der Waals surface area contributed by atoms with E-state index in [0.29, 0.717) is 29.8 Å². The number of benzene rings is 1. The maximum absolute atomic E-state index is 5.82. The zero-order valence-corrected chi connectivity index (χ0v) is 12.8. The highest BCUT2D eigenvalue weighted by atomic mass is 16.5. The highest BCUT2D eigenvalue weighted by Crippen LogP contribution is 2.31. The lowest BCUT2D eigenvalue weighted by Gasteiger charge is -2.20. The molecule has 1 aromatic heterocycles. The summed E-state index contributed by atoms with van der Waals surface area (Å²) in [7, 11) is 3.20. The molecule has 0 fully saturated rings. The van der Waals surface area contributed by atoms with Crippen LogP contribution in [0.4, 0.5) is 0 Å². The van der Waals surface area contributed by atoms with E-state index >= 15 is 0 Å². The van der Waals surface area contributed by atoms with E-state index in [9.17, 15) is 0 Å². The van der Waals surface area contributed by atoms with Gasteiger partial charge in [0.1, 0.15) is 11.5 Å². The zero-order chi connectivity index (χ0) is 15.5. The van der Waals surface area contributed by atoms with Gasteiger partial charge in [0.2, 0.25) is 11.7 Å². The minimum Gasteiger partial charge on any atom is -0.497 e. The van der Waals surface area contributed by atoms with Gasteiger partial charge in [-0.15, -0.1) is 0 Å². The Morgan fingerprint density at radius 2 is 1.81 bits per heavy atom. The molecule has 0 saturated carbocycles. The molecule has 1 aromatic carbocycles. The largest absolute Gasteiger partial charge is 0.497 e. The van der Waals surface area contributed by atoms with E-state index in [2.05, 4.69) is 10.1 Å². The molecule has 2 N–H and O–H groups in total. The minimum absolute atomic E-state index is 0.311. The van der Waals surface area contributed by atoms with E-state index in [1.165, 1.54) is 0 Å². The van der Waals surface area contributed by atoms with Crippen LogP contribution in [0.3, 0.4) is 0 Å². The van der Waals surface area contributed by atoms with Gasteiger partial charge in [-0.3, -0.25) is 0 Å². The predicted octanol–water partition coefficient (Wildman–Crippen LogP) is 2.38. The predicted molar refractivity (Wildman–Crippen MR) is 79.5 cm³/mol. The number of methoxy groups -OCH3 is 2. The normalized spacial score (nSPS) is 13.8. The van der Waals surface area contributed by atoms with E-state index in [4.69, 9.17) is 19.7 Å². The third-order valence-electron chi connectivity index (χ3n) is 3.78. The van der Waals surface area contributed by atoms with Crippen LogP contribution >= 0.6 is 0 Å². The first-order valence-electron chi connectivity index (χ1n) is 6.84. The Morgan fingerprint density at radius 1 is 1.19 bits per heavy atom. The highest BCUT2D eigenvalue weighted by molar-refractivity contribution is 5.60. The second kappa shape index (κ2) is 6.13. The minimum atomic E-state index is -0.311. The summed E-state index contributed by atoms with van der Waals surface area (Å²) in [6.45, 7) is 4.51. The van der Waals surface area contributed by atoms with Crippen LogP contribution in [0.2, 0.25) is 0 Å². The standard InChI is InChI=1S/C15H21N3O3/c1-5-15(2,9-16)14-17-13(18-21-14)10-6-11(19-3)8-12(7-10)20-4/h6-8H,5,9,16H2,1-4H3. The number of hydrogen-bond donors (Lipinski definition) is 1. The average molecular weight is 291 g/mol. The van der Waals surface area contributed by atoms with Gasteiger partial charge in [-0.25, -0.2) is 0 Å². The number of hydrogen-bond acceptors (Lipinski definition) is 6. The van der Waals surface area contributed by atoms with Gasteiger partial charge in [0.05, 0.1) is 19.6 Å². The number of nitrogens with zero attached hydrogens (tertiary/aromatic N) is 2. The molecule has 21 heavy (non-hydrogen) atoms. The van der Waals surface area contributed by atoms with Crippen molar-refractivity contribution in [1.29, 1.82) is 0 Å². The Morgan fingerprint density at radius 3 is 2.29 bits per heavy atom. The monoisotopic (exact) mass is 291 g/mol. The van der Waals surface area contributed by atoms with E-state index in [-0.39, 0.29) is 5.41 Å². The first-order valence-corrected chi connectivity index (χ1v) is 6.84. The Balaban J connectivity index is 2.42. The zero-order valence-electron chi connectivity index (χ0n) is 12.8. The molecular formula is C15H21N3O3. The van der Waals surface area contributed by atoms with Crippen molar-refractivity contribution in [2.45, 2.75) is 25.7 Å². The molecule has 0 bridgehead atoms. The second-order valence-corrected chi connectivity index (χ2v) is 5.14. The lowest BCUT2D eigenvalue weighted by molar-refractivity contribution is 0.291. The number of rotatable bonds is 6. The van der Waals surface area contributed by atoms with Gasteiger partial charge in [-0.05, 0) is 25.5 Å². The number of ether oxygens (including phenoxy) is 2. The molecule has 0 aliphatic carbocycles. The molecular weight excluding hydrogens is 270 g/mol. The third-order valence-corrected chi connectivity index (χ3v) is 3.78. The van der Waals surface area contributed by atoms with Crippen molar-refractivity contribution in [3.63, 3.8) is 0 Å². The smallest absolute Gasteiger partial charge is 0.234 e. The van der Waals surface area contributed by atoms with Crippen molar-refractivity contribution in [3.8, 4) is 22.9 Å². The van der Waals surface area contributed by atoms with Crippen LogP contribution in [-0.4, -0.2) is 30.9 Å². The molecule has 2 rings (SSSR count). The van der Waals surface area contributed by atoms with Gasteiger partial charge in [-0.1, -0.05) is 12.1 Å². The van der Waals surface area contributed by atoms with E-state index < -0.39 is 0 Å².